The summed E-state index contributed by atoms with van der Waals surface area (Å²) in [4.78, 5) is 12.9. The van der Waals surface area contributed by atoms with Gasteiger partial charge >= 0.3 is 6.18 Å². The molecule has 7 heteroatoms. The van der Waals surface area contributed by atoms with Crippen LogP contribution in [0.2, 0.25) is 5.02 Å². The van der Waals surface area contributed by atoms with Crippen molar-refractivity contribution in [3.05, 3.63) is 34.9 Å². The Morgan fingerprint density at radius 1 is 1.32 bits per heavy atom. The molecule has 0 aromatic heterocycles. The number of alkyl halides is 3. The Hall–Kier alpha value is -1.27. The van der Waals surface area contributed by atoms with E-state index in [4.69, 9.17) is 11.6 Å². The average Bonchev–Trinajstić information content (AvgIpc) is 2.30. The maximum absolute atomic E-state index is 11.9. The Balaban J connectivity index is 2.38. The van der Waals surface area contributed by atoms with E-state index in [9.17, 15) is 18.0 Å². The third-order valence-corrected chi connectivity index (χ3v) is 2.61. The quantitative estimate of drug-likeness (QED) is 0.905. The van der Waals surface area contributed by atoms with E-state index in [1.165, 1.54) is 11.9 Å². The fourth-order valence-electron chi connectivity index (χ4n) is 1.40. The molecule has 0 aliphatic rings. The maximum atomic E-state index is 11.9. The van der Waals surface area contributed by atoms with Gasteiger partial charge in [0.15, 0.2) is 0 Å². The molecule has 0 saturated heterocycles. The highest BCUT2D eigenvalue weighted by Gasteiger charge is 2.26. The second kappa shape index (κ2) is 6.77. The molecule has 19 heavy (non-hydrogen) atoms. The van der Waals surface area contributed by atoms with Gasteiger partial charge in [-0.3, -0.25) is 4.79 Å². The number of likely N-dealkylation sites (N-methyl/N-ethyl adjacent to an activating group) is 1. The molecular formula is C12H14ClF3N2O. The summed E-state index contributed by atoms with van der Waals surface area (Å²) in [7, 11) is 1.53. The van der Waals surface area contributed by atoms with Gasteiger partial charge in [0.25, 0.3) is 0 Å². The molecule has 0 heterocycles. The van der Waals surface area contributed by atoms with Crippen LogP contribution in [0.15, 0.2) is 24.3 Å². The van der Waals surface area contributed by atoms with Crippen molar-refractivity contribution in [3.63, 3.8) is 0 Å². The van der Waals surface area contributed by atoms with Crippen LogP contribution in [-0.2, 0) is 11.3 Å². The standard InChI is InChI=1S/C12H14ClF3N2O/c1-18(7-9-2-4-10(13)5-3-9)11(19)6-17-8-12(14,15)16/h2-5,17H,6-8H2,1H3. The molecule has 0 bridgehead atoms. The summed E-state index contributed by atoms with van der Waals surface area (Å²) in [5.41, 5.74) is 0.857. The Labute approximate surface area is 114 Å². The molecule has 1 aromatic rings. The predicted octanol–water partition coefficient (Wildman–Crippen LogP) is 2.45. The lowest BCUT2D eigenvalue weighted by molar-refractivity contribution is -0.133. The second-order valence-electron chi connectivity index (χ2n) is 4.09. The van der Waals surface area contributed by atoms with Crippen LogP contribution in [-0.4, -0.2) is 37.1 Å². The van der Waals surface area contributed by atoms with E-state index >= 15 is 0 Å². The zero-order valence-corrected chi connectivity index (χ0v) is 11.1. The largest absolute Gasteiger partial charge is 0.401 e. The normalized spacial score (nSPS) is 11.4. The molecule has 0 aliphatic carbocycles. The smallest absolute Gasteiger partial charge is 0.340 e. The fraction of sp³-hybridized carbons (Fsp3) is 0.417. The molecule has 0 saturated carbocycles. The summed E-state index contributed by atoms with van der Waals surface area (Å²) < 4.78 is 35.7. The lowest BCUT2D eigenvalue weighted by atomic mass is 10.2. The SMILES string of the molecule is CN(Cc1ccc(Cl)cc1)C(=O)CNCC(F)(F)F. The van der Waals surface area contributed by atoms with Gasteiger partial charge in [-0.2, -0.15) is 13.2 Å². The number of carbonyl (C=O) groups is 1. The number of nitrogens with one attached hydrogen (secondary N) is 1. The van der Waals surface area contributed by atoms with Crippen LogP contribution in [0.25, 0.3) is 0 Å². The molecule has 0 spiro atoms. The predicted molar refractivity (Wildman–Crippen MR) is 66.9 cm³/mol. The van der Waals surface area contributed by atoms with Gasteiger partial charge in [-0.25, -0.2) is 0 Å². The first-order valence-corrected chi connectivity index (χ1v) is 5.91. The Bertz CT molecular complexity index is 420. The minimum atomic E-state index is -4.31. The van der Waals surface area contributed by atoms with E-state index in [-0.39, 0.29) is 6.54 Å². The summed E-state index contributed by atoms with van der Waals surface area (Å²) >= 11 is 5.72. The van der Waals surface area contributed by atoms with Crippen molar-refractivity contribution in [1.29, 1.82) is 0 Å². The van der Waals surface area contributed by atoms with Crippen LogP contribution >= 0.6 is 11.6 Å². The third kappa shape index (κ3) is 6.45. The van der Waals surface area contributed by atoms with Gasteiger partial charge in [-0.15, -0.1) is 0 Å². The zero-order chi connectivity index (χ0) is 14.5. The molecule has 0 fully saturated rings. The molecule has 1 rings (SSSR count). The van der Waals surface area contributed by atoms with E-state index in [1.807, 2.05) is 0 Å². The van der Waals surface area contributed by atoms with Crippen molar-refractivity contribution in [3.8, 4) is 0 Å². The van der Waals surface area contributed by atoms with Gasteiger partial charge in [0.2, 0.25) is 5.91 Å². The summed E-state index contributed by atoms with van der Waals surface area (Å²) in [6, 6.07) is 6.90. The summed E-state index contributed by atoms with van der Waals surface area (Å²) in [5, 5.41) is 2.65. The van der Waals surface area contributed by atoms with Crippen LogP contribution < -0.4 is 5.32 Å². The number of hydrogen-bond acceptors (Lipinski definition) is 2. The third-order valence-electron chi connectivity index (χ3n) is 2.36. The van der Waals surface area contributed by atoms with Crippen LogP contribution in [0.3, 0.4) is 0 Å². The van der Waals surface area contributed by atoms with Crippen molar-refractivity contribution in [2.24, 2.45) is 0 Å². The topological polar surface area (TPSA) is 32.3 Å². The molecule has 1 amide bonds. The van der Waals surface area contributed by atoms with Crippen molar-refractivity contribution < 1.29 is 18.0 Å². The number of nitrogens with zero attached hydrogens (tertiary/aromatic N) is 1. The zero-order valence-electron chi connectivity index (χ0n) is 10.3. The number of carbonyl (C=O) groups excluding carboxylic acids is 1. The van der Waals surface area contributed by atoms with Crippen molar-refractivity contribution in [2.75, 3.05) is 20.1 Å². The van der Waals surface area contributed by atoms with Crippen LogP contribution in [0.4, 0.5) is 13.2 Å². The molecule has 106 valence electrons. The molecule has 3 nitrogen and oxygen atoms in total. The molecule has 0 aliphatic heterocycles. The van der Waals surface area contributed by atoms with Crippen molar-refractivity contribution in [1.82, 2.24) is 10.2 Å². The number of hydrogen-bond donors (Lipinski definition) is 1. The highest BCUT2D eigenvalue weighted by molar-refractivity contribution is 6.30. The number of amides is 1. The van der Waals surface area contributed by atoms with E-state index < -0.39 is 18.6 Å². The van der Waals surface area contributed by atoms with E-state index in [1.54, 1.807) is 24.3 Å². The Kier molecular flexibility index (Phi) is 5.62. The minimum Gasteiger partial charge on any atom is -0.340 e. The first-order valence-electron chi connectivity index (χ1n) is 5.54. The average molecular weight is 295 g/mol. The fourth-order valence-corrected chi connectivity index (χ4v) is 1.52. The van der Waals surface area contributed by atoms with Crippen molar-refractivity contribution >= 4 is 17.5 Å². The first-order chi connectivity index (χ1) is 8.78. The first kappa shape index (κ1) is 15.8. The summed E-state index contributed by atoms with van der Waals surface area (Å²) in [6.07, 6.45) is -4.31. The highest BCUT2D eigenvalue weighted by atomic mass is 35.5. The highest BCUT2D eigenvalue weighted by Crippen LogP contribution is 2.12. The number of rotatable bonds is 5. The molecule has 0 unspecified atom stereocenters. The molecular weight excluding hydrogens is 281 g/mol. The molecule has 0 atom stereocenters. The molecule has 1 aromatic carbocycles. The van der Waals surface area contributed by atoms with Gasteiger partial charge in [0, 0.05) is 18.6 Å². The second-order valence-corrected chi connectivity index (χ2v) is 4.53. The minimum absolute atomic E-state index is 0.323. The van der Waals surface area contributed by atoms with Crippen LogP contribution in [0, 0.1) is 0 Å². The van der Waals surface area contributed by atoms with Crippen LogP contribution in [0.5, 0.6) is 0 Å². The van der Waals surface area contributed by atoms with E-state index in [0.29, 0.717) is 11.6 Å². The van der Waals surface area contributed by atoms with Gasteiger partial charge in [-0.1, -0.05) is 23.7 Å². The monoisotopic (exact) mass is 294 g/mol. The van der Waals surface area contributed by atoms with Gasteiger partial charge in [-0.05, 0) is 17.7 Å². The molecule has 1 N–H and O–H groups in total. The van der Waals surface area contributed by atoms with Gasteiger partial charge < -0.3 is 10.2 Å². The number of halogens is 4. The van der Waals surface area contributed by atoms with Gasteiger partial charge in [0.1, 0.15) is 0 Å². The van der Waals surface area contributed by atoms with E-state index in [0.717, 1.165) is 5.56 Å². The van der Waals surface area contributed by atoms with Crippen LogP contribution in [0.1, 0.15) is 5.56 Å². The lowest BCUT2D eigenvalue weighted by Gasteiger charge is -2.18. The molecule has 0 radical (unpaired) electrons. The summed E-state index contributed by atoms with van der Waals surface area (Å²) in [5.74, 6) is -0.404. The summed E-state index contributed by atoms with van der Waals surface area (Å²) in [6.45, 7) is -1.19. The van der Waals surface area contributed by atoms with Gasteiger partial charge in [0.05, 0.1) is 13.1 Å². The Morgan fingerprint density at radius 2 is 1.89 bits per heavy atom. The van der Waals surface area contributed by atoms with Crippen molar-refractivity contribution in [2.45, 2.75) is 12.7 Å². The maximum Gasteiger partial charge on any atom is 0.401 e. The lowest BCUT2D eigenvalue weighted by Crippen LogP contribution is -2.38. The Morgan fingerprint density at radius 3 is 2.42 bits per heavy atom. The number of benzene rings is 1. The van der Waals surface area contributed by atoms with E-state index in [2.05, 4.69) is 5.32 Å².